The molecule has 1 aliphatic carbocycles. The number of carbonyl (C=O) groups excluding carboxylic acids is 1. The van der Waals surface area contributed by atoms with Gasteiger partial charge in [0.1, 0.15) is 0 Å². The van der Waals surface area contributed by atoms with Gasteiger partial charge in [0.05, 0.1) is 0 Å². The minimum Gasteiger partial charge on any atom is -0.294 e. The summed E-state index contributed by atoms with van der Waals surface area (Å²) in [6, 6.07) is 20.9. The van der Waals surface area contributed by atoms with Crippen molar-refractivity contribution in [2.45, 2.75) is 19.4 Å². The van der Waals surface area contributed by atoms with E-state index in [0.29, 0.717) is 5.78 Å². The first-order valence-corrected chi connectivity index (χ1v) is 8.35. The van der Waals surface area contributed by atoms with Crippen molar-refractivity contribution in [2.75, 3.05) is 13.1 Å². The van der Waals surface area contributed by atoms with Gasteiger partial charge < -0.3 is 0 Å². The molecule has 116 valence electrons. The lowest BCUT2D eigenvalue weighted by Crippen LogP contribution is -2.26. The summed E-state index contributed by atoms with van der Waals surface area (Å²) in [7, 11) is 0. The van der Waals surface area contributed by atoms with Crippen LogP contribution in [0.1, 0.15) is 17.5 Å². The van der Waals surface area contributed by atoms with Crippen LogP contribution < -0.4 is 0 Å². The molecular weight excluding hydrogens is 282 g/mol. The van der Waals surface area contributed by atoms with Crippen LogP contribution in [0.5, 0.6) is 0 Å². The molecule has 0 aromatic heterocycles. The normalized spacial score (nSPS) is 21.0. The Bertz CT molecular complexity index is 733. The topological polar surface area (TPSA) is 20.3 Å². The van der Waals surface area contributed by atoms with Crippen LogP contribution in [0.2, 0.25) is 0 Å². The number of ketones is 1. The number of nitrogens with zero attached hydrogens (tertiary/aromatic N) is 1. The van der Waals surface area contributed by atoms with Gasteiger partial charge in [0.2, 0.25) is 0 Å². The molecule has 0 N–H and O–H groups in total. The smallest absolute Gasteiger partial charge is 0.163 e. The Morgan fingerprint density at radius 1 is 0.870 bits per heavy atom. The molecule has 0 spiro atoms. The molecular formula is C21H21NO. The van der Waals surface area contributed by atoms with Crippen molar-refractivity contribution in [3.05, 3.63) is 82.9 Å². The predicted octanol–water partition coefficient (Wildman–Crippen LogP) is 3.63. The first-order chi connectivity index (χ1) is 11.3. The number of carbonyl (C=O) groups is 1. The summed E-state index contributed by atoms with van der Waals surface area (Å²) < 4.78 is 0. The van der Waals surface area contributed by atoms with Gasteiger partial charge in [-0.2, -0.15) is 0 Å². The fourth-order valence-corrected chi connectivity index (χ4v) is 3.85. The van der Waals surface area contributed by atoms with Crippen LogP contribution in [0.4, 0.5) is 0 Å². The van der Waals surface area contributed by atoms with E-state index in [1.807, 2.05) is 12.1 Å². The highest BCUT2D eigenvalue weighted by Gasteiger charge is 2.37. The van der Waals surface area contributed by atoms with E-state index in [-0.39, 0.29) is 5.92 Å². The molecule has 0 saturated heterocycles. The quantitative estimate of drug-likeness (QED) is 0.859. The van der Waals surface area contributed by atoms with E-state index < -0.39 is 0 Å². The van der Waals surface area contributed by atoms with Crippen LogP contribution in [0.15, 0.2) is 71.8 Å². The molecule has 0 saturated carbocycles. The van der Waals surface area contributed by atoms with E-state index in [9.17, 15) is 4.79 Å². The van der Waals surface area contributed by atoms with Crippen molar-refractivity contribution < 1.29 is 4.79 Å². The number of hydrogen-bond donors (Lipinski definition) is 0. The molecule has 2 nitrogen and oxygen atoms in total. The average Bonchev–Trinajstić information content (AvgIpc) is 3.09. The average molecular weight is 303 g/mol. The van der Waals surface area contributed by atoms with E-state index in [4.69, 9.17) is 0 Å². The van der Waals surface area contributed by atoms with E-state index in [0.717, 1.165) is 38.0 Å². The second kappa shape index (κ2) is 6.13. The molecule has 0 bridgehead atoms. The molecule has 1 atom stereocenters. The van der Waals surface area contributed by atoms with Gasteiger partial charge >= 0.3 is 0 Å². The fraction of sp³-hybridized carbons (Fsp3) is 0.286. The van der Waals surface area contributed by atoms with Crippen molar-refractivity contribution in [2.24, 2.45) is 5.92 Å². The van der Waals surface area contributed by atoms with Gasteiger partial charge in [-0.15, -0.1) is 0 Å². The number of rotatable bonds is 4. The maximum atomic E-state index is 12.7. The van der Waals surface area contributed by atoms with Crippen molar-refractivity contribution in [1.82, 2.24) is 4.90 Å². The molecule has 1 heterocycles. The summed E-state index contributed by atoms with van der Waals surface area (Å²) >= 11 is 0. The maximum absolute atomic E-state index is 12.7. The summed E-state index contributed by atoms with van der Waals surface area (Å²) in [5, 5.41) is 0. The molecule has 0 radical (unpaired) electrons. The summed E-state index contributed by atoms with van der Waals surface area (Å²) in [4.78, 5) is 15.1. The Labute approximate surface area is 137 Å². The molecule has 2 aromatic carbocycles. The van der Waals surface area contributed by atoms with Crippen LogP contribution in [-0.4, -0.2) is 23.8 Å². The lowest BCUT2D eigenvalue weighted by Gasteiger charge is -2.19. The number of benzene rings is 2. The Kier molecular flexibility index (Phi) is 3.84. The van der Waals surface area contributed by atoms with Gasteiger partial charge in [-0.05, 0) is 29.5 Å². The van der Waals surface area contributed by atoms with Gasteiger partial charge in [0.15, 0.2) is 5.78 Å². The van der Waals surface area contributed by atoms with Crippen LogP contribution >= 0.6 is 0 Å². The van der Waals surface area contributed by atoms with Crippen LogP contribution in [-0.2, 0) is 17.8 Å². The minimum absolute atomic E-state index is 0.168. The van der Waals surface area contributed by atoms with Crippen molar-refractivity contribution >= 4 is 5.78 Å². The first kappa shape index (κ1) is 14.4. The highest BCUT2D eigenvalue weighted by Crippen LogP contribution is 2.36. The third-order valence-corrected chi connectivity index (χ3v) is 4.96. The van der Waals surface area contributed by atoms with Gasteiger partial charge in [-0.1, -0.05) is 60.7 Å². The number of hydrogen-bond acceptors (Lipinski definition) is 2. The fourth-order valence-electron chi connectivity index (χ4n) is 3.85. The molecule has 2 aromatic rings. The zero-order valence-corrected chi connectivity index (χ0v) is 13.2. The van der Waals surface area contributed by atoms with E-state index in [1.165, 1.54) is 16.7 Å². The molecule has 2 aliphatic rings. The van der Waals surface area contributed by atoms with Crippen LogP contribution in [0.25, 0.3) is 0 Å². The highest BCUT2D eigenvalue weighted by atomic mass is 16.1. The second-order valence-corrected chi connectivity index (χ2v) is 6.67. The Morgan fingerprint density at radius 2 is 1.52 bits per heavy atom. The number of likely N-dealkylation sites (tertiary alicyclic amines) is 1. The maximum Gasteiger partial charge on any atom is 0.163 e. The summed E-state index contributed by atoms with van der Waals surface area (Å²) in [6.07, 6.45) is 1.83. The molecule has 2 heteroatoms. The molecule has 1 unspecified atom stereocenters. The molecule has 23 heavy (non-hydrogen) atoms. The monoisotopic (exact) mass is 303 g/mol. The van der Waals surface area contributed by atoms with Gasteiger partial charge in [-0.25, -0.2) is 0 Å². The standard InChI is InChI=1S/C21H21NO/c23-21-18(11-16-7-3-1-4-8-16)12-19-14-22(15-20(19)21)13-17-9-5-2-6-10-17/h1-10,18H,11-15H2. The first-order valence-electron chi connectivity index (χ1n) is 8.35. The lowest BCUT2D eigenvalue weighted by atomic mass is 9.94. The van der Waals surface area contributed by atoms with Gasteiger partial charge in [0.25, 0.3) is 0 Å². The second-order valence-electron chi connectivity index (χ2n) is 6.67. The zero-order valence-electron chi connectivity index (χ0n) is 13.2. The van der Waals surface area contributed by atoms with E-state index in [2.05, 4.69) is 53.4 Å². The van der Waals surface area contributed by atoms with E-state index >= 15 is 0 Å². The largest absolute Gasteiger partial charge is 0.294 e. The molecule has 1 aliphatic heterocycles. The van der Waals surface area contributed by atoms with Crippen LogP contribution in [0, 0.1) is 5.92 Å². The van der Waals surface area contributed by atoms with Crippen LogP contribution in [0.3, 0.4) is 0 Å². The Morgan fingerprint density at radius 3 is 2.17 bits per heavy atom. The van der Waals surface area contributed by atoms with Gasteiger partial charge in [-0.3, -0.25) is 9.69 Å². The number of Topliss-reactive ketones (excluding diaryl/α,β-unsaturated/α-hetero) is 1. The summed E-state index contributed by atoms with van der Waals surface area (Å²) in [5.41, 5.74) is 5.07. The lowest BCUT2D eigenvalue weighted by molar-refractivity contribution is -0.118. The highest BCUT2D eigenvalue weighted by molar-refractivity contribution is 6.01. The summed E-state index contributed by atoms with van der Waals surface area (Å²) in [5.74, 6) is 0.556. The molecule has 4 rings (SSSR count). The molecule has 0 amide bonds. The predicted molar refractivity (Wildman–Crippen MR) is 92.0 cm³/mol. The van der Waals surface area contributed by atoms with Gasteiger partial charge in [0, 0.05) is 31.1 Å². The minimum atomic E-state index is 0.168. The van der Waals surface area contributed by atoms with E-state index in [1.54, 1.807) is 0 Å². The Hall–Kier alpha value is -2.19. The zero-order chi connectivity index (χ0) is 15.6. The third-order valence-electron chi connectivity index (χ3n) is 4.96. The molecule has 0 fully saturated rings. The van der Waals surface area contributed by atoms with Crippen molar-refractivity contribution in [3.63, 3.8) is 0 Å². The Balaban J connectivity index is 1.38. The van der Waals surface area contributed by atoms with Crippen molar-refractivity contribution in [3.8, 4) is 0 Å². The third kappa shape index (κ3) is 2.99. The van der Waals surface area contributed by atoms with Crippen molar-refractivity contribution in [1.29, 1.82) is 0 Å². The SMILES string of the molecule is O=C1C2=C(CC1Cc1ccccc1)CN(Cc1ccccc1)C2. The summed E-state index contributed by atoms with van der Waals surface area (Å²) in [6.45, 7) is 2.72.